The van der Waals surface area contributed by atoms with Gasteiger partial charge in [-0.25, -0.2) is 0 Å². The fourth-order valence-electron chi connectivity index (χ4n) is 3.02. The number of benzene rings is 1. The molecule has 1 aromatic carbocycles. The van der Waals surface area contributed by atoms with E-state index in [2.05, 4.69) is 49.5 Å². The first-order chi connectivity index (χ1) is 9.16. The van der Waals surface area contributed by atoms with Crippen LogP contribution in [0.5, 0.6) is 0 Å². The van der Waals surface area contributed by atoms with E-state index in [4.69, 9.17) is 0 Å². The van der Waals surface area contributed by atoms with E-state index >= 15 is 0 Å². The third kappa shape index (κ3) is 4.32. The van der Waals surface area contributed by atoms with Gasteiger partial charge in [0.05, 0.1) is 6.10 Å². The molecule has 0 bridgehead atoms. The zero-order chi connectivity index (χ0) is 13.7. The van der Waals surface area contributed by atoms with Crippen molar-refractivity contribution in [2.75, 3.05) is 0 Å². The summed E-state index contributed by atoms with van der Waals surface area (Å²) in [6.45, 7) is 4.52. The summed E-state index contributed by atoms with van der Waals surface area (Å²) in [6, 6.07) is 11.3. The van der Waals surface area contributed by atoms with Gasteiger partial charge in [0.25, 0.3) is 0 Å². The van der Waals surface area contributed by atoms with Crippen molar-refractivity contribution in [1.29, 1.82) is 0 Å². The molecule has 0 amide bonds. The summed E-state index contributed by atoms with van der Waals surface area (Å²) in [4.78, 5) is 0. The highest BCUT2D eigenvalue weighted by atomic mass is 16.3. The predicted octanol–water partition coefficient (Wildman–Crippen LogP) is 3.67. The predicted molar refractivity (Wildman–Crippen MR) is 80.0 cm³/mol. The topological polar surface area (TPSA) is 32.3 Å². The normalized spacial score (nSPS) is 25.5. The number of hydrogen-bond donors (Lipinski definition) is 2. The molecule has 2 N–H and O–H groups in total. The molecule has 1 aromatic rings. The maximum Gasteiger partial charge on any atom is 0.0693 e. The van der Waals surface area contributed by atoms with Gasteiger partial charge in [0.2, 0.25) is 0 Å². The summed E-state index contributed by atoms with van der Waals surface area (Å²) in [6.07, 6.45) is 5.39. The molecule has 106 valence electrons. The Bertz CT molecular complexity index is 363. The van der Waals surface area contributed by atoms with Crippen LogP contribution in [0.15, 0.2) is 30.3 Å². The molecule has 2 heteroatoms. The third-order valence-electron chi connectivity index (χ3n) is 4.05. The lowest BCUT2D eigenvalue weighted by atomic mass is 9.89. The Kier molecular flexibility index (Phi) is 5.41. The fraction of sp³-hybridized carbons (Fsp3) is 0.647. The van der Waals surface area contributed by atoms with E-state index < -0.39 is 0 Å². The van der Waals surface area contributed by atoms with E-state index in [1.54, 1.807) is 0 Å². The monoisotopic (exact) mass is 261 g/mol. The van der Waals surface area contributed by atoms with Crippen LogP contribution in [0.25, 0.3) is 0 Å². The van der Waals surface area contributed by atoms with Crippen LogP contribution in [0.1, 0.15) is 57.6 Å². The van der Waals surface area contributed by atoms with Gasteiger partial charge in [-0.3, -0.25) is 0 Å². The van der Waals surface area contributed by atoms with E-state index in [1.165, 1.54) is 18.4 Å². The maximum absolute atomic E-state index is 10.1. The summed E-state index contributed by atoms with van der Waals surface area (Å²) in [5.74, 6) is 0.651. The number of nitrogens with one attached hydrogen (secondary N) is 1. The Morgan fingerprint density at radius 3 is 2.47 bits per heavy atom. The Balaban J connectivity index is 2.05. The molecule has 1 fully saturated rings. The SMILES string of the molecule is CC(C)CC(NC1CCCCC1O)c1ccccc1. The molecule has 19 heavy (non-hydrogen) atoms. The van der Waals surface area contributed by atoms with Crippen molar-refractivity contribution in [3.63, 3.8) is 0 Å². The van der Waals surface area contributed by atoms with Gasteiger partial charge in [-0.2, -0.15) is 0 Å². The van der Waals surface area contributed by atoms with E-state index in [-0.39, 0.29) is 12.1 Å². The number of aliphatic hydroxyl groups is 1. The van der Waals surface area contributed by atoms with Crippen molar-refractivity contribution >= 4 is 0 Å². The summed E-state index contributed by atoms with van der Waals surface area (Å²) in [5.41, 5.74) is 1.34. The van der Waals surface area contributed by atoms with E-state index in [0.29, 0.717) is 12.0 Å². The molecule has 1 saturated carbocycles. The van der Waals surface area contributed by atoms with Crippen LogP contribution in [0, 0.1) is 5.92 Å². The van der Waals surface area contributed by atoms with Crippen molar-refractivity contribution < 1.29 is 5.11 Å². The fourth-order valence-corrected chi connectivity index (χ4v) is 3.02. The summed E-state index contributed by atoms with van der Waals surface area (Å²) in [5, 5.41) is 13.8. The zero-order valence-electron chi connectivity index (χ0n) is 12.2. The van der Waals surface area contributed by atoms with E-state index in [9.17, 15) is 5.11 Å². The average Bonchev–Trinajstić information content (AvgIpc) is 2.41. The smallest absolute Gasteiger partial charge is 0.0693 e. The highest BCUT2D eigenvalue weighted by molar-refractivity contribution is 5.19. The van der Waals surface area contributed by atoms with Crippen LogP contribution in [0.2, 0.25) is 0 Å². The Labute approximate surface area is 117 Å². The van der Waals surface area contributed by atoms with Gasteiger partial charge in [-0.15, -0.1) is 0 Å². The molecule has 0 heterocycles. The lowest BCUT2D eigenvalue weighted by molar-refractivity contribution is 0.0830. The van der Waals surface area contributed by atoms with Gasteiger partial charge in [0.1, 0.15) is 0 Å². The highest BCUT2D eigenvalue weighted by Crippen LogP contribution is 2.26. The first-order valence-electron chi connectivity index (χ1n) is 7.66. The second-order valence-corrected chi connectivity index (χ2v) is 6.22. The Morgan fingerprint density at radius 2 is 1.84 bits per heavy atom. The lowest BCUT2D eigenvalue weighted by Gasteiger charge is -2.33. The van der Waals surface area contributed by atoms with Crippen LogP contribution < -0.4 is 5.32 Å². The van der Waals surface area contributed by atoms with Gasteiger partial charge < -0.3 is 10.4 Å². The van der Waals surface area contributed by atoms with E-state index in [0.717, 1.165) is 19.3 Å². The molecule has 3 unspecified atom stereocenters. The molecule has 0 aromatic heterocycles. The van der Waals surface area contributed by atoms with Gasteiger partial charge in [0, 0.05) is 12.1 Å². The van der Waals surface area contributed by atoms with Crippen molar-refractivity contribution in [2.45, 2.75) is 64.1 Å². The summed E-state index contributed by atoms with van der Waals surface area (Å²) >= 11 is 0. The van der Waals surface area contributed by atoms with E-state index in [1.807, 2.05) is 0 Å². The van der Waals surface area contributed by atoms with Crippen LogP contribution >= 0.6 is 0 Å². The molecule has 1 aliphatic carbocycles. The van der Waals surface area contributed by atoms with Crippen LogP contribution in [0.4, 0.5) is 0 Å². The standard InChI is InChI=1S/C17H27NO/c1-13(2)12-16(14-8-4-3-5-9-14)18-15-10-6-7-11-17(15)19/h3-5,8-9,13,15-19H,6-7,10-12H2,1-2H3. The molecule has 0 spiro atoms. The number of rotatable bonds is 5. The second-order valence-electron chi connectivity index (χ2n) is 6.22. The van der Waals surface area contributed by atoms with Crippen molar-refractivity contribution in [3.8, 4) is 0 Å². The number of aliphatic hydroxyl groups excluding tert-OH is 1. The first-order valence-corrected chi connectivity index (χ1v) is 7.66. The quantitative estimate of drug-likeness (QED) is 0.847. The molecular weight excluding hydrogens is 234 g/mol. The van der Waals surface area contributed by atoms with Crippen molar-refractivity contribution in [3.05, 3.63) is 35.9 Å². The average molecular weight is 261 g/mol. The Morgan fingerprint density at radius 1 is 1.16 bits per heavy atom. The molecule has 2 nitrogen and oxygen atoms in total. The highest BCUT2D eigenvalue weighted by Gasteiger charge is 2.26. The molecule has 0 saturated heterocycles. The second kappa shape index (κ2) is 7.06. The minimum atomic E-state index is -0.174. The molecule has 1 aliphatic rings. The minimum Gasteiger partial charge on any atom is -0.392 e. The Hall–Kier alpha value is -0.860. The van der Waals surface area contributed by atoms with Crippen molar-refractivity contribution in [2.24, 2.45) is 5.92 Å². The largest absolute Gasteiger partial charge is 0.392 e. The minimum absolute atomic E-state index is 0.174. The lowest BCUT2D eigenvalue weighted by Crippen LogP contribution is -2.44. The molecule has 3 atom stereocenters. The van der Waals surface area contributed by atoms with Gasteiger partial charge in [-0.05, 0) is 30.7 Å². The summed E-state index contributed by atoms with van der Waals surface area (Å²) < 4.78 is 0. The van der Waals surface area contributed by atoms with Gasteiger partial charge in [-0.1, -0.05) is 57.0 Å². The zero-order valence-corrected chi connectivity index (χ0v) is 12.2. The third-order valence-corrected chi connectivity index (χ3v) is 4.05. The van der Waals surface area contributed by atoms with Gasteiger partial charge >= 0.3 is 0 Å². The van der Waals surface area contributed by atoms with Crippen LogP contribution in [-0.4, -0.2) is 17.3 Å². The molecule has 0 radical (unpaired) electrons. The maximum atomic E-state index is 10.1. The summed E-state index contributed by atoms with van der Waals surface area (Å²) in [7, 11) is 0. The molecule has 0 aliphatic heterocycles. The molecule has 2 rings (SSSR count). The van der Waals surface area contributed by atoms with Gasteiger partial charge in [0.15, 0.2) is 0 Å². The first kappa shape index (κ1) is 14.5. The van der Waals surface area contributed by atoms with Crippen molar-refractivity contribution in [1.82, 2.24) is 5.32 Å². The number of hydrogen-bond acceptors (Lipinski definition) is 2. The van der Waals surface area contributed by atoms with Crippen LogP contribution in [-0.2, 0) is 0 Å². The molecular formula is C17H27NO. The van der Waals surface area contributed by atoms with Crippen LogP contribution in [0.3, 0.4) is 0 Å².